The fourth-order valence-electron chi connectivity index (χ4n) is 7.96. The molecule has 0 aromatic heterocycles. The maximum Gasteiger partial charge on any atom is 0.472 e. The second-order valence-corrected chi connectivity index (χ2v) is 19.5. The first-order valence-corrected chi connectivity index (χ1v) is 26.8. The molecule has 9 N–H and O–H groups in total. The van der Waals surface area contributed by atoms with Gasteiger partial charge in [-0.25, -0.2) is 9.36 Å². The lowest BCUT2D eigenvalue weighted by Gasteiger charge is -2.47. The van der Waals surface area contributed by atoms with E-state index in [-0.39, 0.29) is 6.42 Å². The SMILES string of the molecule is CCCCCCCC/C=C\CCCCCC(=O)OCC(COP(=O)(O)OC1C(O)C(O)C(O)C(O)C1OC1OC(CO)C(O)C(O)C1O)OC(=O)/C=C/C=C/CCCCCCCCCCCCC. The Morgan fingerprint density at radius 3 is 1.62 bits per heavy atom. The second-order valence-electron chi connectivity index (χ2n) is 18.1. The number of phosphoric acid groups is 1. The van der Waals surface area contributed by atoms with Gasteiger partial charge in [-0.2, -0.15) is 0 Å². The van der Waals surface area contributed by atoms with Crippen LogP contribution in [0.5, 0.6) is 0 Å². The van der Waals surface area contributed by atoms with E-state index in [9.17, 15) is 59.9 Å². The summed E-state index contributed by atoms with van der Waals surface area (Å²) in [5, 5.41) is 82.9. The average Bonchev–Trinajstić information content (AvgIpc) is 3.32. The van der Waals surface area contributed by atoms with E-state index >= 15 is 0 Å². The predicted octanol–water partition coefficient (Wildman–Crippen LogP) is 5.66. The van der Waals surface area contributed by atoms with E-state index in [2.05, 4.69) is 26.0 Å². The zero-order valence-electron chi connectivity index (χ0n) is 40.6. The van der Waals surface area contributed by atoms with Crippen molar-refractivity contribution < 1.29 is 87.9 Å². The highest BCUT2D eigenvalue weighted by atomic mass is 31.2. The summed E-state index contributed by atoms with van der Waals surface area (Å²) in [5.41, 5.74) is 0. The van der Waals surface area contributed by atoms with E-state index in [4.69, 9.17) is 28.0 Å². The van der Waals surface area contributed by atoms with Gasteiger partial charge in [0.2, 0.25) is 0 Å². The maximum atomic E-state index is 13.4. The number of hydrogen-bond donors (Lipinski definition) is 9. The van der Waals surface area contributed by atoms with Gasteiger partial charge in [-0.3, -0.25) is 13.8 Å². The number of hydrogen-bond acceptors (Lipinski definition) is 17. The fourth-order valence-corrected chi connectivity index (χ4v) is 8.93. The van der Waals surface area contributed by atoms with Crippen LogP contribution in [0.25, 0.3) is 0 Å². The van der Waals surface area contributed by atoms with E-state index in [0.717, 1.165) is 51.0 Å². The van der Waals surface area contributed by atoms with Crippen molar-refractivity contribution >= 4 is 19.8 Å². The Kier molecular flexibility index (Phi) is 33.5. The molecule has 2 aliphatic rings. The van der Waals surface area contributed by atoms with Crippen molar-refractivity contribution in [3.63, 3.8) is 0 Å². The van der Waals surface area contributed by atoms with Gasteiger partial charge in [0.05, 0.1) is 13.2 Å². The van der Waals surface area contributed by atoms with Gasteiger partial charge in [0, 0.05) is 12.5 Å². The first kappa shape index (κ1) is 62.0. The van der Waals surface area contributed by atoms with Crippen molar-refractivity contribution in [3.05, 3.63) is 36.5 Å². The van der Waals surface area contributed by atoms with E-state index in [1.807, 2.05) is 6.08 Å². The quantitative estimate of drug-likeness (QED) is 0.00901. The van der Waals surface area contributed by atoms with E-state index in [0.29, 0.717) is 6.42 Å². The molecule has 1 aliphatic heterocycles. The molecule has 396 valence electrons. The Morgan fingerprint density at radius 2 is 1.07 bits per heavy atom. The third-order valence-electron chi connectivity index (χ3n) is 12.2. The number of carbonyl (C=O) groups excluding carboxylic acids is 2. The Balaban J connectivity index is 2.00. The highest BCUT2D eigenvalue weighted by Gasteiger charge is 2.55. The summed E-state index contributed by atoms with van der Waals surface area (Å²) in [7, 11) is -5.40. The minimum atomic E-state index is -5.40. The van der Waals surface area contributed by atoms with Crippen LogP contribution in [0.3, 0.4) is 0 Å². The molecule has 2 rings (SSSR count). The largest absolute Gasteiger partial charge is 0.472 e. The highest BCUT2D eigenvalue weighted by Crippen LogP contribution is 2.48. The Bertz CT molecular complexity index is 1460. The molecule has 0 amide bonds. The summed E-state index contributed by atoms with van der Waals surface area (Å²) in [6.45, 7) is 2.09. The van der Waals surface area contributed by atoms with E-state index in [1.54, 1.807) is 6.08 Å². The van der Waals surface area contributed by atoms with Crippen molar-refractivity contribution in [3.8, 4) is 0 Å². The molecule has 1 heterocycles. The molecule has 0 spiro atoms. The monoisotopic (exact) mass is 995 g/mol. The van der Waals surface area contributed by atoms with Crippen LogP contribution in [0.15, 0.2) is 36.5 Å². The molecule has 2 fully saturated rings. The molecular formula is C49H87O18P. The number of carbonyl (C=O) groups is 2. The zero-order valence-corrected chi connectivity index (χ0v) is 41.5. The number of aliphatic hydroxyl groups is 8. The first-order chi connectivity index (χ1) is 32.7. The molecular weight excluding hydrogens is 907 g/mol. The molecule has 0 aromatic rings. The number of unbranched alkanes of at least 4 members (excludes halogenated alkanes) is 20. The van der Waals surface area contributed by atoms with Crippen LogP contribution in [-0.2, 0) is 42.1 Å². The van der Waals surface area contributed by atoms with Crippen molar-refractivity contribution in [2.24, 2.45) is 0 Å². The van der Waals surface area contributed by atoms with Gasteiger partial charge in [0.25, 0.3) is 0 Å². The van der Waals surface area contributed by atoms with E-state index < -0.39 is 113 Å². The summed E-state index contributed by atoms with van der Waals surface area (Å²) >= 11 is 0. The van der Waals surface area contributed by atoms with Gasteiger partial charge in [-0.05, 0) is 44.9 Å². The number of esters is 2. The minimum absolute atomic E-state index is 0.0698. The normalized spacial score (nSPS) is 28.1. The molecule has 13 atom stereocenters. The summed E-state index contributed by atoms with van der Waals surface area (Å²) in [6, 6.07) is 0. The number of allylic oxidation sites excluding steroid dienone is 5. The molecule has 0 aromatic carbocycles. The van der Waals surface area contributed by atoms with Crippen LogP contribution >= 0.6 is 7.82 Å². The summed E-state index contributed by atoms with van der Waals surface area (Å²) in [6.07, 6.45) is 13.0. The van der Waals surface area contributed by atoms with Crippen LogP contribution in [0.1, 0.15) is 168 Å². The second kappa shape index (κ2) is 36.7. The van der Waals surface area contributed by atoms with Gasteiger partial charge in [-0.1, -0.05) is 147 Å². The Morgan fingerprint density at radius 1 is 0.588 bits per heavy atom. The standard InChI is InChI=1S/C49H87O18P/c1-3-5-7-9-11-13-15-17-18-20-22-24-26-28-30-32-39(52)64-36(34-62-38(51)31-29-27-25-23-21-19-16-14-12-10-8-6-4-2)35-63-68(60,61)67-48-45(58)43(56)42(55)44(57)47(48)66-49-46(59)41(54)40(53)37(33-50)65-49/h19,21,26,28,30,32,36-37,40-50,53-59H,3-18,20,22-25,27,29,31,33-35H2,1-2H3,(H,60,61)/b21-19-,28-26+,32-30+. The third kappa shape index (κ3) is 25.3. The van der Waals surface area contributed by atoms with Crippen molar-refractivity contribution in [2.75, 3.05) is 19.8 Å². The van der Waals surface area contributed by atoms with Crippen LogP contribution < -0.4 is 0 Å². The lowest BCUT2D eigenvalue weighted by Crippen LogP contribution is -2.67. The molecule has 18 nitrogen and oxygen atoms in total. The van der Waals surface area contributed by atoms with Crippen molar-refractivity contribution in [1.82, 2.24) is 0 Å². The highest BCUT2D eigenvalue weighted by molar-refractivity contribution is 7.47. The summed E-state index contributed by atoms with van der Waals surface area (Å²) in [4.78, 5) is 36.4. The number of rotatable bonds is 38. The maximum absolute atomic E-state index is 13.4. The number of phosphoric ester groups is 1. The number of ether oxygens (including phenoxy) is 4. The van der Waals surface area contributed by atoms with Gasteiger partial charge >= 0.3 is 19.8 Å². The van der Waals surface area contributed by atoms with E-state index in [1.165, 1.54) is 102 Å². The van der Waals surface area contributed by atoms with Gasteiger partial charge in [0.1, 0.15) is 67.6 Å². The summed E-state index contributed by atoms with van der Waals surface area (Å²) in [5.74, 6) is -1.49. The minimum Gasteiger partial charge on any atom is -0.462 e. The van der Waals surface area contributed by atoms with Gasteiger partial charge in [-0.15, -0.1) is 0 Å². The van der Waals surface area contributed by atoms with Crippen LogP contribution in [0, 0.1) is 0 Å². The molecule has 0 radical (unpaired) electrons. The third-order valence-corrected chi connectivity index (χ3v) is 13.2. The zero-order chi connectivity index (χ0) is 50.2. The van der Waals surface area contributed by atoms with Gasteiger partial charge < -0.3 is 64.7 Å². The predicted molar refractivity (Wildman–Crippen MR) is 254 cm³/mol. The first-order valence-electron chi connectivity index (χ1n) is 25.4. The molecule has 13 unspecified atom stereocenters. The van der Waals surface area contributed by atoms with Crippen LogP contribution in [0.2, 0.25) is 0 Å². The van der Waals surface area contributed by atoms with Crippen LogP contribution in [0.4, 0.5) is 0 Å². The molecule has 68 heavy (non-hydrogen) atoms. The van der Waals surface area contributed by atoms with Crippen LogP contribution in [-0.4, -0.2) is 151 Å². The average molecular weight is 995 g/mol. The molecule has 1 saturated heterocycles. The number of aliphatic hydroxyl groups excluding tert-OH is 8. The molecule has 1 aliphatic carbocycles. The van der Waals surface area contributed by atoms with Gasteiger partial charge in [0.15, 0.2) is 12.4 Å². The lowest BCUT2D eigenvalue weighted by atomic mass is 9.84. The fraction of sp³-hybridized carbons (Fsp3) is 0.837. The van der Waals surface area contributed by atoms with Crippen molar-refractivity contribution in [1.29, 1.82) is 0 Å². The summed E-state index contributed by atoms with van der Waals surface area (Å²) < 4.78 is 45.2. The lowest BCUT2D eigenvalue weighted by molar-refractivity contribution is -0.338. The smallest absolute Gasteiger partial charge is 0.462 e. The molecule has 1 saturated carbocycles. The van der Waals surface area contributed by atoms with Crippen molar-refractivity contribution in [2.45, 2.75) is 241 Å². The molecule has 19 heteroatoms. The topological polar surface area (TPSA) is 289 Å². The Hall–Kier alpha value is -2.13. The molecule has 0 bridgehead atoms. The Labute approximate surface area is 404 Å².